The van der Waals surface area contributed by atoms with Crippen LogP contribution < -0.4 is 10.0 Å². The van der Waals surface area contributed by atoms with Crippen LogP contribution in [0.25, 0.3) is 0 Å². The first-order valence-electron chi connectivity index (χ1n) is 6.83. The number of hydrogen-bond donors (Lipinski definition) is 2. The molecule has 1 aromatic rings. The monoisotopic (exact) mass is 376 g/mol. The van der Waals surface area contributed by atoms with Gasteiger partial charge in [0.1, 0.15) is 0 Å². The maximum atomic E-state index is 12.7. The van der Waals surface area contributed by atoms with Crippen LogP contribution in [0.2, 0.25) is 0 Å². The van der Waals surface area contributed by atoms with Gasteiger partial charge in [0.15, 0.2) is 0 Å². The molecule has 1 unspecified atom stereocenters. The van der Waals surface area contributed by atoms with E-state index in [0.717, 1.165) is 11.1 Å². The molecule has 21 heavy (non-hydrogen) atoms. The molecular weight excluding hydrogens is 356 g/mol. The van der Waals surface area contributed by atoms with Crippen molar-refractivity contribution in [2.45, 2.75) is 37.2 Å². The van der Waals surface area contributed by atoms with Crippen LogP contribution in [-0.4, -0.2) is 34.2 Å². The Hall–Kier alpha value is -0.470. The summed E-state index contributed by atoms with van der Waals surface area (Å²) in [5, 5.41) is 3.04. The molecule has 0 bridgehead atoms. The number of sulfonamides is 1. The second kappa shape index (κ2) is 6.34. The summed E-state index contributed by atoms with van der Waals surface area (Å²) < 4.78 is 34.1. The molecule has 1 heterocycles. The number of hydrogen-bond acceptors (Lipinski definition) is 4. The van der Waals surface area contributed by atoms with Crippen LogP contribution in [0.15, 0.2) is 21.5 Å². The van der Waals surface area contributed by atoms with Crippen LogP contribution in [0.1, 0.15) is 24.5 Å². The molecule has 0 spiro atoms. The number of ether oxygens (including phenoxy) is 1. The summed E-state index contributed by atoms with van der Waals surface area (Å²) in [6.07, 6.45) is 0.680. The van der Waals surface area contributed by atoms with Gasteiger partial charge in [-0.25, -0.2) is 13.1 Å². The fraction of sp³-hybridized carbons (Fsp3) is 0.571. The maximum absolute atomic E-state index is 12.7. The minimum atomic E-state index is -3.60. The molecule has 7 heteroatoms. The average molecular weight is 377 g/mol. The van der Waals surface area contributed by atoms with Crippen molar-refractivity contribution in [2.75, 3.05) is 20.3 Å². The second-order valence-corrected chi connectivity index (χ2v) is 8.17. The third kappa shape index (κ3) is 3.84. The van der Waals surface area contributed by atoms with Crippen LogP contribution in [0.4, 0.5) is 0 Å². The Balaban J connectivity index is 2.39. The number of aryl methyl sites for hydroxylation is 1. The average Bonchev–Trinajstić information content (AvgIpc) is 2.79. The third-order valence-electron chi connectivity index (χ3n) is 3.55. The van der Waals surface area contributed by atoms with Gasteiger partial charge in [-0.15, -0.1) is 0 Å². The largest absolute Gasteiger partial charge is 0.379 e. The first kappa shape index (κ1) is 16.9. The normalized spacial score (nSPS) is 22.7. The standard InChI is InChI=1S/C14H21BrN2O3S/c1-10-6-11(8-16-3)7-12(13(10)15)21(18,19)17-14(2)4-5-20-9-14/h6-7,16-17H,4-5,8-9H2,1-3H3. The third-order valence-corrected chi connectivity index (χ3v) is 6.53. The van der Waals surface area contributed by atoms with Gasteiger partial charge in [0.05, 0.1) is 17.0 Å². The minimum absolute atomic E-state index is 0.279. The molecular formula is C14H21BrN2O3S. The molecule has 1 aliphatic rings. The predicted molar refractivity (Wildman–Crippen MR) is 85.8 cm³/mol. The zero-order valence-electron chi connectivity index (χ0n) is 12.5. The molecule has 0 saturated carbocycles. The molecule has 1 saturated heterocycles. The summed E-state index contributed by atoms with van der Waals surface area (Å²) in [5.74, 6) is 0. The van der Waals surface area contributed by atoms with Crippen LogP contribution in [0.5, 0.6) is 0 Å². The van der Waals surface area contributed by atoms with Gasteiger partial charge in [0.25, 0.3) is 0 Å². The quantitative estimate of drug-likeness (QED) is 0.823. The van der Waals surface area contributed by atoms with Crippen molar-refractivity contribution in [1.82, 2.24) is 10.0 Å². The Kier molecular flexibility index (Phi) is 5.10. The molecule has 2 rings (SSSR count). The number of nitrogens with one attached hydrogen (secondary N) is 2. The fourth-order valence-corrected chi connectivity index (χ4v) is 4.93. The van der Waals surface area contributed by atoms with Gasteiger partial charge in [-0.1, -0.05) is 6.07 Å². The predicted octanol–water partition coefficient (Wildman–Crippen LogP) is 1.93. The van der Waals surface area contributed by atoms with E-state index in [4.69, 9.17) is 4.74 Å². The second-order valence-electron chi connectivity index (χ2n) is 5.72. The van der Waals surface area contributed by atoms with Crippen molar-refractivity contribution < 1.29 is 13.2 Å². The van der Waals surface area contributed by atoms with Gasteiger partial charge < -0.3 is 10.1 Å². The van der Waals surface area contributed by atoms with Gasteiger partial charge in [0.2, 0.25) is 10.0 Å². The Labute approximate surface area is 134 Å². The SMILES string of the molecule is CNCc1cc(C)c(Br)c(S(=O)(=O)NC2(C)CCOC2)c1. The number of halogens is 1. The Morgan fingerprint density at radius 2 is 2.14 bits per heavy atom. The van der Waals surface area contributed by atoms with Crippen molar-refractivity contribution in [3.8, 4) is 0 Å². The van der Waals surface area contributed by atoms with E-state index in [1.54, 1.807) is 6.07 Å². The van der Waals surface area contributed by atoms with Crippen LogP contribution in [0.3, 0.4) is 0 Å². The van der Waals surface area contributed by atoms with Crippen LogP contribution in [-0.2, 0) is 21.3 Å². The zero-order chi connectivity index (χ0) is 15.7. The molecule has 0 aliphatic carbocycles. The van der Waals surface area contributed by atoms with Crippen molar-refractivity contribution in [2.24, 2.45) is 0 Å². The maximum Gasteiger partial charge on any atom is 0.242 e. The van der Waals surface area contributed by atoms with Crippen molar-refractivity contribution >= 4 is 26.0 Å². The Morgan fingerprint density at radius 1 is 1.43 bits per heavy atom. The number of benzene rings is 1. The van der Waals surface area contributed by atoms with Gasteiger partial charge in [-0.2, -0.15) is 0 Å². The van der Waals surface area contributed by atoms with Gasteiger partial charge in [-0.3, -0.25) is 0 Å². The molecule has 0 amide bonds. The first-order chi connectivity index (χ1) is 9.77. The van der Waals surface area contributed by atoms with Crippen molar-refractivity contribution in [1.29, 1.82) is 0 Å². The molecule has 2 N–H and O–H groups in total. The van der Waals surface area contributed by atoms with Crippen LogP contribution >= 0.6 is 15.9 Å². The van der Waals surface area contributed by atoms with E-state index in [9.17, 15) is 8.42 Å². The summed E-state index contributed by atoms with van der Waals surface area (Å²) in [7, 11) is -1.77. The molecule has 0 radical (unpaired) electrons. The molecule has 118 valence electrons. The lowest BCUT2D eigenvalue weighted by Crippen LogP contribution is -2.46. The smallest absolute Gasteiger partial charge is 0.242 e. The lowest BCUT2D eigenvalue weighted by atomic mass is 10.0. The van der Waals surface area contributed by atoms with Gasteiger partial charge >= 0.3 is 0 Å². The highest BCUT2D eigenvalue weighted by Gasteiger charge is 2.35. The topological polar surface area (TPSA) is 67.4 Å². The van der Waals surface area contributed by atoms with Crippen LogP contribution in [0, 0.1) is 6.92 Å². The van der Waals surface area contributed by atoms with E-state index in [2.05, 4.69) is 26.0 Å². The zero-order valence-corrected chi connectivity index (χ0v) is 14.9. The van der Waals surface area contributed by atoms with Crippen molar-refractivity contribution in [3.05, 3.63) is 27.7 Å². The molecule has 0 aromatic heterocycles. The summed E-state index contributed by atoms with van der Waals surface area (Å²) in [5.41, 5.74) is 1.30. The van der Waals surface area contributed by atoms with E-state index >= 15 is 0 Å². The van der Waals surface area contributed by atoms with E-state index in [1.165, 1.54) is 0 Å². The van der Waals surface area contributed by atoms with E-state index in [1.807, 2.05) is 27.0 Å². The van der Waals surface area contributed by atoms with Gasteiger partial charge in [-0.05, 0) is 60.4 Å². The van der Waals surface area contributed by atoms with E-state index in [-0.39, 0.29) is 4.90 Å². The molecule has 1 aromatic carbocycles. The summed E-state index contributed by atoms with van der Waals surface area (Å²) in [6, 6.07) is 3.68. The van der Waals surface area contributed by atoms with E-state index in [0.29, 0.717) is 30.7 Å². The highest BCUT2D eigenvalue weighted by molar-refractivity contribution is 9.10. The van der Waals surface area contributed by atoms with Gasteiger partial charge in [0, 0.05) is 17.6 Å². The lowest BCUT2D eigenvalue weighted by Gasteiger charge is -2.24. The Bertz CT molecular complexity index is 625. The van der Waals surface area contributed by atoms with Crippen molar-refractivity contribution in [3.63, 3.8) is 0 Å². The highest BCUT2D eigenvalue weighted by atomic mass is 79.9. The lowest BCUT2D eigenvalue weighted by molar-refractivity contribution is 0.178. The minimum Gasteiger partial charge on any atom is -0.379 e. The summed E-state index contributed by atoms with van der Waals surface area (Å²) in [4.78, 5) is 0.279. The Morgan fingerprint density at radius 3 is 2.71 bits per heavy atom. The number of rotatable bonds is 5. The molecule has 1 aliphatic heterocycles. The molecule has 1 atom stereocenters. The molecule has 5 nitrogen and oxygen atoms in total. The summed E-state index contributed by atoms with van der Waals surface area (Å²) >= 11 is 3.40. The molecule has 1 fully saturated rings. The summed E-state index contributed by atoms with van der Waals surface area (Å²) in [6.45, 7) is 5.37. The fourth-order valence-electron chi connectivity index (χ4n) is 2.44. The first-order valence-corrected chi connectivity index (χ1v) is 9.10. The highest BCUT2D eigenvalue weighted by Crippen LogP contribution is 2.29. The van der Waals surface area contributed by atoms with E-state index < -0.39 is 15.6 Å².